The monoisotopic (exact) mass is 285 g/mol. The molecule has 1 aliphatic heterocycles. The lowest BCUT2D eigenvalue weighted by Gasteiger charge is -2.10. The highest BCUT2D eigenvalue weighted by Crippen LogP contribution is 2.09. The van der Waals surface area contributed by atoms with Crippen LogP contribution in [0.4, 0.5) is 0 Å². The van der Waals surface area contributed by atoms with E-state index in [4.69, 9.17) is 9.47 Å². The van der Waals surface area contributed by atoms with Gasteiger partial charge in [0.15, 0.2) is 6.29 Å². The summed E-state index contributed by atoms with van der Waals surface area (Å²) < 4.78 is 36.8. The maximum absolute atomic E-state index is 11.9. The number of rotatable bonds is 6. The van der Waals surface area contributed by atoms with Crippen LogP contribution in [0.15, 0.2) is 24.3 Å². The lowest BCUT2D eigenvalue weighted by Crippen LogP contribution is -2.28. The maximum Gasteiger partial charge on any atom is 0.215 e. The van der Waals surface area contributed by atoms with Gasteiger partial charge < -0.3 is 9.47 Å². The molecule has 106 valence electrons. The Balaban J connectivity index is 1.79. The Kier molecular flexibility index (Phi) is 4.93. The summed E-state index contributed by atoms with van der Waals surface area (Å²) in [6.07, 6.45) is 0.259. The van der Waals surface area contributed by atoms with Gasteiger partial charge in [0.25, 0.3) is 0 Å². The molecule has 1 heterocycles. The molecule has 0 aromatic heterocycles. The minimum Gasteiger partial charge on any atom is -0.350 e. The lowest BCUT2D eigenvalue weighted by molar-refractivity contribution is -0.0451. The average molecular weight is 285 g/mol. The largest absolute Gasteiger partial charge is 0.350 e. The molecule has 1 aromatic rings. The zero-order valence-corrected chi connectivity index (χ0v) is 11.8. The molecule has 6 heteroatoms. The third-order valence-corrected chi connectivity index (χ3v) is 4.23. The Hall–Kier alpha value is -0.950. The molecule has 0 aliphatic carbocycles. The van der Waals surface area contributed by atoms with Gasteiger partial charge >= 0.3 is 0 Å². The van der Waals surface area contributed by atoms with Gasteiger partial charge in [-0.15, -0.1) is 0 Å². The first kappa shape index (κ1) is 14.5. The molecule has 0 saturated carbocycles. The van der Waals surface area contributed by atoms with Crippen LogP contribution >= 0.6 is 0 Å². The van der Waals surface area contributed by atoms with Crippen molar-refractivity contribution >= 4 is 10.0 Å². The number of hydrogen-bond donors (Lipinski definition) is 1. The smallest absolute Gasteiger partial charge is 0.215 e. The summed E-state index contributed by atoms with van der Waals surface area (Å²) in [7, 11) is -3.30. The summed E-state index contributed by atoms with van der Waals surface area (Å²) in [6, 6.07) is 7.48. The molecule has 0 spiro atoms. The molecular formula is C13H19NO4S. The lowest BCUT2D eigenvalue weighted by atomic mass is 10.2. The first-order valence-corrected chi connectivity index (χ1v) is 7.96. The highest BCUT2D eigenvalue weighted by Gasteiger charge is 2.17. The number of nitrogens with one attached hydrogen (secondary N) is 1. The van der Waals surface area contributed by atoms with Crippen molar-refractivity contribution in [2.75, 3.05) is 19.8 Å². The molecule has 0 atom stereocenters. The van der Waals surface area contributed by atoms with E-state index in [9.17, 15) is 8.42 Å². The summed E-state index contributed by atoms with van der Waals surface area (Å²) in [4.78, 5) is 0. The second-order valence-corrected chi connectivity index (χ2v) is 6.41. The quantitative estimate of drug-likeness (QED) is 0.852. The van der Waals surface area contributed by atoms with E-state index in [2.05, 4.69) is 4.72 Å². The second-order valence-electron chi connectivity index (χ2n) is 4.60. The van der Waals surface area contributed by atoms with Gasteiger partial charge in [-0.05, 0) is 12.5 Å². The number of ether oxygens (including phenoxy) is 2. The Morgan fingerprint density at radius 3 is 2.47 bits per heavy atom. The Labute approximate surface area is 114 Å². The normalized spacial score (nSPS) is 16.9. The van der Waals surface area contributed by atoms with E-state index in [-0.39, 0.29) is 12.0 Å². The van der Waals surface area contributed by atoms with Crippen LogP contribution < -0.4 is 4.72 Å². The Morgan fingerprint density at radius 2 is 1.84 bits per heavy atom. The minimum absolute atomic E-state index is 0.000336. The van der Waals surface area contributed by atoms with Gasteiger partial charge in [0, 0.05) is 13.0 Å². The van der Waals surface area contributed by atoms with E-state index >= 15 is 0 Å². The third kappa shape index (κ3) is 4.91. The standard InChI is InChI=1S/C13H19NO4S/c1-11-2-4-12(5-3-11)10-19(15,16)14-7-6-13-17-8-9-18-13/h2-5,13-14H,6-10H2,1H3. The zero-order valence-electron chi connectivity index (χ0n) is 11.0. The van der Waals surface area contributed by atoms with Crippen LogP contribution in [0.3, 0.4) is 0 Å². The molecule has 1 aliphatic rings. The fraction of sp³-hybridized carbons (Fsp3) is 0.538. The Bertz CT molecular complexity index is 492. The highest BCUT2D eigenvalue weighted by atomic mass is 32.2. The molecule has 0 radical (unpaired) electrons. The number of hydrogen-bond acceptors (Lipinski definition) is 4. The summed E-state index contributed by atoms with van der Waals surface area (Å²) >= 11 is 0. The molecule has 0 amide bonds. The van der Waals surface area contributed by atoms with Crippen molar-refractivity contribution in [1.82, 2.24) is 4.72 Å². The van der Waals surface area contributed by atoms with Gasteiger partial charge in [-0.3, -0.25) is 0 Å². The van der Waals surface area contributed by atoms with E-state index in [1.807, 2.05) is 31.2 Å². The van der Waals surface area contributed by atoms with E-state index in [1.54, 1.807) is 0 Å². The van der Waals surface area contributed by atoms with Crippen molar-refractivity contribution in [2.24, 2.45) is 0 Å². The SMILES string of the molecule is Cc1ccc(CS(=O)(=O)NCCC2OCCO2)cc1. The van der Waals surface area contributed by atoms with Gasteiger partial charge in [0.2, 0.25) is 10.0 Å². The average Bonchev–Trinajstić information content (AvgIpc) is 2.85. The van der Waals surface area contributed by atoms with Crippen molar-refractivity contribution in [3.63, 3.8) is 0 Å². The van der Waals surface area contributed by atoms with E-state index in [0.717, 1.165) is 11.1 Å². The van der Waals surface area contributed by atoms with E-state index < -0.39 is 10.0 Å². The molecule has 1 N–H and O–H groups in total. The van der Waals surface area contributed by atoms with Crippen LogP contribution in [0.25, 0.3) is 0 Å². The maximum atomic E-state index is 11.9. The summed E-state index contributed by atoms with van der Waals surface area (Å²) in [5.41, 5.74) is 1.90. The molecule has 1 aromatic carbocycles. The topological polar surface area (TPSA) is 64.6 Å². The van der Waals surface area contributed by atoms with Gasteiger partial charge in [-0.1, -0.05) is 29.8 Å². The van der Waals surface area contributed by atoms with Crippen molar-refractivity contribution in [3.05, 3.63) is 35.4 Å². The van der Waals surface area contributed by atoms with Gasteiger partial charge in [0.1, 0.15) is 0 Å². The highest BCUT2D eigenvalue weighted by molar-refractivity contribution is 7.88. The summed E-state index contributed by atoms with van der Waals surface area (Å²) in [6.45, 7) is 3.47. The molecule has 1 fully saturated rings. The molecule has 0 bridgehead atoms. The zero-order chi connectivity index (χ0) is 13.7. The first-order chi connectivity index (χ1) is 9.05. The number of sulfonamides is 1. The predicted molar refractivity (Wildman–Crippen MR) is 72.1 cm³/mol. The van der Waals surface area contributed by atoms with Crippen LogP contribution in [0.5, 0.6) is 0 Å². The molecule has 19 heavy (non-hydrogen) atoms. The van der Waals surface area contributed by atoms with Crippen molar-refractivity contribution in [2.45, 2.75) is 25.4 Å². The summed E-state index contributed by atoms with van der Waals surface area (Å²) in [5.74, 6) is -0.000336. The first-order valence-electron chi connectivity index (χ1n) is 6.31. The van der Waals surface area contributed by atoms with Crippen LogP contribution in [-0.4, -0.2) is 34.5 Å². The molecule has 0 unspecified atom stereocenters. The predicted octanol–water partition coefficient (Wildman–Crippen LogP) is 1.18. The van der Waals surface area contributed by atoms with Gasteiger partial charge in [-0.25, -0.2) is 13.1 Å². The van der Waals surface area contributed by atoms with Crippen molar-refractivity contribution < 1.29 is 17.9 Å². The van der Waals surface area contributed by atoms with Crippen molar-refractivity contribution in [1.29, 1.82) is 0 Å². The fourth-order valence-corrected chi connectivity index (χ4v) is 3.02. The Morgan fingerprint density at radius 1 is 1.21 bits per heavy atom. The van der Waals surface area contributed by atoms with E-state index in [0.29, 0.717) is 26.2 Å². The van der Waals surface area contributed by atoms with Crippen LogP contribution in [0, 0.1) is 6.92 Å². The number of benzene rings is 1. The number of aryl methyl sites for hydroxylation is 1. The van der Waals surface area contributed by atoms with Crippen LogP contribution in [-0.2, 0) is 25.2 Å². The fourth-order valence-electron chi connectivity index (χ4n) is 1.86. The summed E-state index contributed by atoms with van der Waals surface area (Å²) in [5, 5.41) is 0. The van der Waals surface area contributed by atoms with E-state index in [1.165, 1.54) is 0 Å². The van der Waals surface area contributed by atoms with Crippen LogP contribution in [0.2, 0.25) is 0 Å². The van der Waals surface area contributed by atoms with Gasteiger partial charge in [-0.2, -0.15) is 0 Å². The third-order valence-electron chi connectivity index (χ3n) is 2.87. The molecular weight excluding hydrogens is 266 g/mol. The molecule has 5 nitrogen and oxygen atoms in total. The minimum atomic E-state index is -3.30. The molecule has 1 saturated heterocycles. The van der Waals surface area contributed by atoms with Crippen molar-refractivity contribution in [3.8, 4) is 0 Å². The van der Waals surface area contributed by atoms with Crippen LogP contribution in [0.1, 0.15) is 17.5 Å². The second kappa shape index (κ2) is 6.47. The van der Waals surface area contributed by atoms with Gasteiger partial charge in [0.05, 0.1) is 19.0 Å². The molecule has 2 rings (SSSR count).